The lowest BCUT2D eigenvalue weighted by Crippen LogP contribution is -2.30. The second kappa shape index (κ2) is 10.4. The minimum atomic E-state index is -3.85. The molecular weight excluding hydrogens is 380 g/mol. The van der Waals surface area contributed by atoms with E-state index in [2.05, 4.69) is 5.32 Å². The van der Waals surface area contributed by atoms with Crippen molar-refractivity contribution in [1.82, 2.24) is 5.32 Å². The van der Waals surface area contributed by atoms with Gasteiger partial charge in [-0.15, -0.1) is 0 Å². The zero-order valence-corrected chi connectivity index (χ0v) is 17.3. The van der Waals surface area contributed by atoms with Crippen LogP contribution in [-0.2, 0) is 27.8 Å². The van der Waals surface area contributed by atoms with Crippen molar-refractivity contribution in [1.29, 1.82) is 0 Å². The van der Waals surface area contributed by atoms with Crippen molar-refractivity contribution in [2.75, 3.05) is 20.4 Å². The molecule has 28 heavy (non-hydrogen) atoms. The molecule has 0 aliphatic rings. The fourth-order valence-corrected chi connectivity index (χ4v) is 3.53. The summed E-state index contributed by atoms with van der Waals surface area (Å²) in [6, 6.07) is 12.8. The molecule has 0 saturated heterocycles. The van der Waals surface area contributed by atoms with Crippen LogP contribution in [0.5, 0.6) is 11.5 Å². The smallest absolute Gasteiger partial charge is 0.241 e. The number of nitrogens with two attached hydrogens (primary N) is 1. The first kappa shape index (κ1) is 22.2. The van der Waals surface area contributed by atoms with E-state index in [-0.39, 0.29) is 16.7 Å². The number of benzene rings is 2. The molecule has 2 aromatic carbocycles. The maximum absolute atomic E-state index is 11.7. The number of para-hydroxylation sites is 1. The van der Waals surface area contributed by atoms with Crippen LogP contribution in [0, 0.1) is 0 Å². The first-order chi connectivity index (χ1) is 13.3. The molecule has 0 aromatic heterocycles. The highest BCUT2D eigenvalue weighted by Crippen LogP contribution is 2.24. The topological polar surface area (TPSA) is 99.9 Å². The van der Waals surface area contributed by atoms with Gasteiger partial charge >= 0.3 is 0 Å². The van der Waals surface area contributed by atoms with E-state index in [1.165, 1.54) is 7.11 Å². The molecule has 0 aliphatic carbocycles. The fraction of sp³-hybridized carbons (Fsp3) is 0.400. The minimum Gasteiger partial charge on any atom is -0.495 e. The van der Waals surface area contributed by atoms with Crippen molar-refractivity contribution in [3.63, 3.8) is 0 Å². The molecule has 0 spiro atoms. The average Bonchev–Trinajstić information content (AvgIpc) is 2.66. The van der Waals surface area contributed by atoms with Gasteiger partial charge in [-0.05, 0) is 44.0 Å². The Morgan fingerprint density at radius 3 is 2.57 bits per heavy atom. The number of nitrogens with one attached hydrogen (secondary N) is 1. The van der Waals surface area contributed by atoms with E-state index in [1.807, 2.05) is 44.2 Å². The fourth-order valence-electron chi connectivity index (χ4n) is 2.78. The molecule has 8 heteroatoms. The first-order valence-electron chi connectivity index (χ1n) is 9.06. The number of hydrogen-bond acceptors (Lipinski definition) is 6. The quantitative estimate of drug-likeness (QED) is 0.438. The summed E-state index contributed by atoms with van der Waals surface area (Å²) in [5.74, 6) is 1.06. The molecule has 7 nitrogen and oxygen atoms in total. The first-order valence-corrected chi connectivity index (χ1v) is 10.6. The third-order valence-electron chi connectivity index (χ3n) is 4.14. The molecule has 2 aromatic rings. The highest BCUT2D eigenvalue weighted by molar-refractivity contribution is 7.89. The van der Waals surface area contributed by atoms with Crippen molar-refractivity contribution >= 4 is 10.0 Å². The number of methoxy groups -OCH3 is 1. The van der Waals surface area contributed by atoms with Crippen LogP contribution in [0.3, 0.4) is 0 Å². The lowest BCUT2D eigenvalue weighted by atomic mass is 10.1. The zero-order valence-electron chi connectivity index (χ0n) is 16.5. The molecule has 0 radical (unpaired) electrons. The normalized spacial score (nSPS) is 12.6. The highest BCUT2D eigenvalue weighted by atomic mass is 32.2. The molecule has 0 fully saturated rings. The molecule has 1 atom stereocenters. The van der Waals surface area contributed by atoms with Crippen molar-refractivity contribution < 1.29 is 22.6 Å². The second-order valence-electron chi connectivity index (χ2n) is 6.37. The standard InChI is InChI=1S/C20H28N2O5S/c1-4-27-18-8-6-5-7-17(18)13-26-14-22-15(2)11-16-9-10-19(25-3)20(12-16)28(21,23)24/h5-10,12,15,22H,4,11,13-14H2,1-3H3,(H2,21,23,24)/t15-/m1/s1. The van der Waals surface area contributed by atoms with Gasteiger partial charge < -0.3 is 14.2 Å². The van der Waals surface area contributed by atoms with Crippen LogP contribution < -0.4 is 19.9 Å². The molecule has 0 heterocycles. The van der Waals surface area contributed by atoms with E-state index in [4.69, 9.17) is 19.3 Å². The second-order valence-corrected chi connectivity index (χ2v) is 7.90. The lowest BCUT2D eigenvalue weighted by Gasteiger charge is -2.16. The van der Waals surface area contributed by atoms with Crippen LogP contribution in [0.1, 0.15) is 25.0 Å². The summed E-state index contributed by atoms with van der Waals surface area (Å²) in [5.41, 5.74) is 1.83. The van der Waals surface area contributed by atoms with E-state index in [9.17, 15) is 8.42 Å². The summed E-state index contributed by atoms with van der Waals surface area (Å²) < 4.78 is 39.8. The van der Waals surface area contributed by atoms with Crippen molar-refractivity contribution in [3.8, 4) is 11.5 Å². The Kier molecular flexibility index (Phi) is 8.25. The number of hydrogen-bond donors (Lipinski definition) is 2. The monoisotopic (exact) mass is 408 g/mol. The van der Waals surface area contributed by atoms with Crippen LogP contribution in [0.2, 0.25) is 0 Å². The maximum atomic E-state index is 11.7. The molecule has 3 N–H and O–H groups in total. The van der Waals surface area contributed by atoms with Crippen LogP contribution >= 0.6 is 0 Å². The Balaban J connectivity index is 1.87. The van der Waals surface area contributed by atoms with Gasteiger partial charge in [0, 0.05) is 11.6 Å². The largest absolute Gasteiger partial charge is 0.495 e. The number of ether oxygens (including phenoxy) is 3. The Morgan fingerprint density at radius 1 is 1.14 bits per heavy atom. The van der Waals surface area contributed by atoms with Crippen molar-refractivity contribution in [2.45, 2.75) is 37.8 Å². The van der Waals surface area contributed by atoms with Crippen LogP contribution in [0.25, 0.3) is 0 Å². The summed E-state index contributed by atoms with van der Waals surface area (Å²) in [6.45, 7) is 5.35. The minimum absolute atomic E-state index is 0.0107. The van der Waals surface area contributed by atoms with Gasteiger partial charge in [0.25, 0.3) is 0 Å². The van der Waals surface area contributed by atoms with E-state index in [0.29, 0.717) is 26.4 Å². The molecule has 0 unspecified atom stereocenters. The Morgan fingerprint density at radius 2 is 1.89 bits per heavy atom. The van der Waals surface area contributed by atoms with Gasteiger partial charge in [0.2, 0.25) is 10.0 Å². The van der Waals surface area contributed by atoms with Gasteiger partial charge in [-0.3, -0.25) is 5.32 Å². The van der Waals surface area contributed by atoms with Crippen LogP contribution in [-0.4, -0.2) is 34.9 Å². The lowest BCUT2D eigenvalue weighted by molar-refractivity contribution is 0.0948. The van der Waals surface area contributed by atoms with E-state index >= 15 is 0 Å². The molecule has 0 saturated carbocycles. The maximum Gasteiger partial charge on any atom is 0.241 e. The molecule has 154 valence electrons. The van der Waals surface area contributed by atoms with Crippen molar-refractivity contribution in [2.24, 2.45) is 5.14 Å². The predicted octanol–water partition coefficient (Wildman–Crippen LogP) is 2.44. The Hall–Kier alpha value is -2.13. The Labute approximate surface area is 166 Å². The Bertz CT molecular complexity index is 871. The molecule has 0 amide bonds. The summed E-state index contributed by atoms with van der Waals surface area (Å²) in [5, 5.41) is 8.53. The predicted molar refractivity (Wildman–Crippen MR) is 108 cm³/mol. The van der Waals surface area contributed by atoms with Gasteiger partial charge in [0.1, 0.15) is 16.4 Å². The summed E-state index contributed by atoms with van der Waals surface area (Å²) in [4.78, 5) is -0.0107. The third kappa shape index (κ3) is 6.49. The summed E-state index contributed by atoms with van der Waals surface area (Å²) in [7, 11) is -2.43. The molecule has 0 aliphatic heterocycles. The van der Waals surface area contributed by atoms with Gasteiger partial charge in [-0.1, -0.05) is 24.3 Å². The number of sulfonamides is 1. The molecule has 0 bridgehead atoms. The zero-order chi connectivity index (χ0) is 20.6. The van der Waals surface area contributed by atoms with Crippen LogP contribution in [0.4, 0.5) is 0 Å². The van der Waals surface area contributed by atoms with Gasteiger partial charge in [-0.25, -0.2) is 13.6 Å². The molecular formula is C20H28N2O5S. The van der Waals surface area contributed by atoms with Crippen LogP contribution in [0.15, 0.2) is 47.4 Å². The summed E-state index contributed by atoms with van der Waals surface area (Å²) >= 11 is 0. The van der Waals surface area contributed by atoms with E-state index in [0.717, 1.165) is 16.9 Å². The number of rotatable bonds is 11. The van der Waals surface area contributed by atoms with Gasteiger partial charge in [-0.2, -0.15) is 0 Å². The van der Waals surface area contributed by atoms with E-state index < -0.39 is 10.0 Å². The summed E-state index contributed by atoms with van der Waals surface area (Å²) in [6.07, 6.45) is 0.616. The third-order valence-corrected chi connectivity index (χ3v) is 5.07. The van der Waals surface area contributed by atoms with Gasteiger partial charge in [0.05, 0.1) is 27.1 Å². The van der Waals surface area contributed by atoms with Crippen molar-refractivity contribution in [3.05, 3.63) is 53.6 Å². The highest BCUT2D eigenvalue weighted by Gasteiger charge is 2.16. The average molecular weight is 409 g/mol. The number of primary sulfonamides is 1. The SMILES string of the molecule is CCOc1ccccc1COCN[C@H](C)Cc1ccc(OC)c(S(N)(=O)=O)c1. The van der Waals surface area contributed by atoms with Gasteiger partial charge in [0.15, 0.2) is 0 Å². The van der Waals surface area contributed by atoms with E-state index in [1.54, 1.807) is 12.1 Å². The molecule has 2 rings (SSSR count).